The van der Waals surface area contributed by atoms with Gasteiger partial charge in [0.15, 0.2) is 0 Å². The molecule has 86 valence electrons. The average molecular weight is 211 g/mol. The molecule has 0 aliphatic carbocycles. The van der Waals surface area contributed by atoms with E-state index in [0.29, 0.717) is 6.61 Å². The molecular weight excluding hydrogens is 190 g/mol. The first-order chi connectivity index (χ1) is 7.36. The monoisotopic (exact) mass is 211 g/mol. The molecule has 0 atom stereocenters. The minimum atomic E-state index is 0.303. The van der Waals surface area contributed by atoms with Gasteiger partial charge in [-0.2, -0.15) is 0 Å². The summed E-state index contributed by atoms with van der Waals surface area (Å²) >= 11 is 0. The summed E-state index contributed by atoms with van der Waals surface area (Å²) in [5.41, 5.74) is 1.14. The van der Waals surface area contributed by atoms with Crippen LogP contribution in [-0.4, -0.2) is 34.9 Å². The predicted molar refractivity (Wildman–Crippen MR) is 60.8 cm³/mol. The lowest BCUT2D eigenvalue weighted by Gasteiger charge is -2.00. The molecule has 1 rings (SSSR count). The van der Waals surface area contributed by atoms with Crippen molar-refractivity contribution in [3.8, 4) is 0 Å². The fraction of sp³-hybridized carbons (Fsp3) is 0.727. The van der Waals surface area contributed by atoms with Gasteiger partial charge in [-0.25, -0.2) is 4.98 Å². The van der Waals surface area contributed by atoms with E-state index in [1.807, 2.05) is 13.4 Å². The van der Waals surface area contributed by atoms with Crippen molar-refractivity contribution < 1.29 is 5.11 Å². The van der Waals surface area contributed by atoms with Crippen LogP contribution >= 0.6 is 0 Å². The van der Waals surface area contributed by atoms with Crippen molar-refractivity contribution in [3.05, 3.63) is 18.2 Å². The van der Waals surface area contributed by atoms with E-state index >= 15 is 0 Å². The average Bonchev–Trinajstić information content (AvgIpc) is 2.69. The van der Waals surface area contributed by atoms with Crippen molar-refractivity contribution in [2.24, 2.45) is 0 Å². The maximum absolute atomic E-state index is 8.64. The number of aliphatic hydroxyl groups excluding tert-OH is 1. The molecule has 1 heterocycles. The molecule has 1 aromatic heterocycles. The van der Waals surface area contributed by atoms with Crippen LogP contribution in [0.2, 0.25) is 0 Å². The van der Waals surface area contributed by atoms with Crippen molar-refractivity contribution >= 4 is 0 Å². The molecular formula is C11H21N3O. The van der Waals surface area contributed by atoms with Crippen molar-refractivity contribution in [1.29, 1.82) is 0 Å². The second-order valence-electron chi connectivity index (χ2n) is 3.74. The smallest absolute Gasteiger partial charge is 0.0949 e. The highest BCUT2D eigenvalue weighted by Crippen LogP contribution is 2.01. The minimum absolute atomic E-state index is 0.303. The van der Waals surface area contributed by atoms with Gasteiger partial charge in [0.1, 0.15) is 0 Å². The quantitative estimate of drug-likeness (QED) is 0.626. The van der Waals surface area contributed by atoms with Crippen LogP contribution in [0.15, 0.2) is 12.5 Å². The molecule has 0 fully saturated rings. The number of nitrogens with zero attached hydrogens (tertiary/aromatic N) is 2. The predicted octanol–water partition coefficient (Wildman–Crippen LogP) is 0.808. The number of aliphatic hydroxyl groups is 1. The molecule has 1 aromatic rings. The van der Waals surface area contributed by atoms with E-state index in [4.69, 9.17) is 5.11 Å². The summed E-state index contributed by atoms with van der Waals surface area (Å²) in [7, 11) is 1.95. The van der Waals surface area contributed by atoms with Crippen LogP contribution in [0, 0.1) is 0 Å². The lowest BCUT2D eigenvalue weighted by molar-refractivity contribution is 0.282. The molecule has 0 saturated carbocycles. The molecule has 0 radical (unpaired) electrons. The number of imidazole rings is 1. The molecule has 0 amide bonds. The highest BCUT2D eigenvalue weighted by atomic mass is 16.2. The van der Waals surface area contributed by atoms with Crippen molar-refractivity contribution in [2.45, 2.75) is 32.2 Å². The molecule has 0 bridgehead atoms. The normalized spacial score (nSPS) is 10.8. The Morgan fingerprint density at radius 1 is 1.40 bits per heavy atom. The summed E-state index contributed by atoms with van der Waals surface area (Å²) in [6.45, 7) is 2.28. The van der Waals surface area contributed by atoms with E-state index in [1.54, 1.807) is 0 Å². The standard InChI is InChI=1S/C11H21N3O/c1-12-6-5-11-9-14(10-13-11)7-3-2-4-8-15/h9-10,12,15H,2-8H2,1H3. The number of rotatable bonds is 8. The molecule has 0 unspecified atom stereocenters. The highest BCUT2D eigenvalue weighted by Gasteiger charge is 1.97. The minimum Gasteiger partial charge on any atom is -0.396 e. The third-order valence-corrected chi connectivity index (χ3v) is 2.39. The third kappa shape index (κ3) is 4.95. The van der Waals surface area contributed by atoms with Gasteiger partial charge >= 0.3 is 0 Å². The Kier molecular flexibility index (Phi) is 6.04. The van der Waals surface area contributed by atoms with Crippen molar-refractivity contribution in [2.75, 3.05) is 20.2 Å². The number of aromatic nitrogens is 2. The van der Waals surface area contributed by atoms with Gasteiger partial charge in [-0.3, -0.25) is 0 Å². The first kappa shape index (κ1) is 12.2. The Hall–Kier alpha value is -0.870. The molecule has 0 saturated heterocycles. The van der Waals surface area contributed by atoms with Crippen LogP contribution in [0.4, 0.5) is 0 Å². The zero-order chi connectivity index (χ0) is 10.9. The van der Waals surface area contributed by atoms with Gasteiger partial charge in [-0.15, -0.1) is 0 Å². The zero-order valence-corrected chi connectivity index (χ0v) is 9.45. The second-order valence-corrected chi connectivity index (χ2v) is 3.74. The number of nitrogens with one attached hydrogen (secondary N) is 1. The Morgan fingerprint density at radius 3 is 3.00 bits per heavy atom. The lowest BCUT2D eigenvalue weighted by Crippen LogP contribution is -2.10. The summed E-state index contributed by atoms with van der Waals surface area (Å²) in [5.74, 6) is 0. The van der Waals surface area contributed by atoms with Crippen LogP contribution in [0.5, 0.6) is 0 Å². The number of aryl methyl sites for hydroxylation is 1. The lowest BCUT2D eigenvalue weighted by atomic mass is 10.2. The fourth-order valence-electron chi connectivity index (χ4n) is 1.49. The Bertz CT molecular complexity index is 260. The zero-order valence-electron chi connectivity index (χ0n) is 9.45. The molecule has 15 heavy (non-hydrogen) atoms. The Labute approximate surface area is 91.3 Å². The van der Waals surface area contributed by atoms with E-state index in [9.17, 15) is 0 Å². The van der Waals surface area contributed by atoms with E-state index in [0.717, 1.165) is 44.5 Å². The Morgan fingerprint density at radius 2 is 2.27 bits per heavy atom. The first-order valence-electron chi connectivity index (χ1n) is 5.63. The van der Waals surface area contributed by atoms with Crippen molar-refractivity contribution in [3.63, 3.8) is 0 Å². The summed E-state index contributed by atoms with van der Waals surface area (Å²) in [5, 5.41) is 11.7. The van der Waals surface area contributed by atoms with Gasteiger partial charge in [0.2, 0.25) is 0 Å². The molecule has 0 spiro atoms. The van der Waals surface area contributed by atoms with Crippen LogP contribution in [0.3, 0.4) is 0 Å². The van der Waals surface area contributed by atoms with Crippen LogP contribution in [0.1, 0.15) is 25.0 Å². The summed E-state index contributed by atoms with van der Waals surface area (Å²) in [6.07, 6.45) is 8.09. The molecule has 0 aliphatic rings. The summed E-state index contributed by atoms with van der Waals surface area (Å²) in [6, 6.07) is 0. The van der Waals surface area contributed by atoms with E-state index in [1.165, 1.54) is 0 Å². The summed E-state index contributed by atoms with van der Waals surface area (Å²) in [4.78, 5) is 4.33. The highest BCUT2D eigenvalue weighted by molar-refractivity contribution is 4.97. The van der Waals surface area contributed by atoms with Crippen LogP contribution in [-0.2, 0) is 13.0 Å². The third-order valence-electron chi connectivity index (χ3n) is 2.39. The molecule has 0 aromatic carbocycles. The van der Waals surface area contributed by atoms with Crippen LogP contribution in [0.25, 0.3) is 0 Å². The number of hydrogen-bond donors (Lipinski definition) is 2. The van der Waals surface area contributed by atoms with Gasteiger partial charge in [-0.05, 0) is 26.3 Å². The molecule has 0 aliphatic heterocycles. The number of likely N-dealkylation sites (N-methyl/N-ethyl adjacent to an activating group) is 1. The van der Waals surface area contributed by atoms with Crippen LogP contribution < -0.4 is 5.32 Å². The Balaban J connectivity index is 2.20. The van der Waals surface area contributed by atoms with E-state index in [-0.39, 0.29) is 0 Å². The fourth-order valence-corrected chi connectivity index (χ4v) is 1.49. The number of hydrogen-bond acceptors (Lipinski definition) is 3. The first-order valence-corrected chi connectivity index (χ1v) is 5.63. The van der Waals surface area contributed by atoms with Gasteiger partial charge < -0.3 is 15.0 Å². The maximum atomic E-state index is 8.64. The van der Waals surface area contributed by atoms with E-state index in [2.05, 4.69) is 21.1 Å². The molecule has 4 heteroatoms. The van der Waals surface area contributed by atoms with Gasteiger partial charge in [-0.1, -0.05) is 0 Å². The number of unbranched alkanes of at least 4 members (excludes halogenated alkanes) is 2. The maximum Gasteiger partial charge on any atom is 0.0949 e. The van der Waals surface area contributed by atoms with Gasteiger partial charge in [0.05, 0.1) is 12.0 Å². The largest absolute Gasteiger partial charge is 0.396 e. The van der Waals surface area contributed by atoms with Crippen molar-refractivity contribution in [1.82, 2.24) is 14.9 Å². The van der Waals surface area contributed by atoms with Gasteiger partial charge in [0, 0.05) is 32.3 Å². The molecule has 4 nitrogen and oxygen atoms in total. The summed E-state index contributed by atoms with van der Waals surface area (Å²) < 4.78 is 2.13. The SMILES string of the molecule is CNCCc1cn(CCCCCO)cn1. The molecule has 2 N–H and O–H groups in total. The van der Waals surface area contributed by atoms with E-state index < -0.39 is 0 Å². The second kappa shape index (κ2) is 7.43. The topological polar surface area (TPSA) is 50.1 Å². The van der Waals surface area contributed by atoms with Gasteiger partial charge in [0.25, 0.3) is 0 Å².